The van der Waals surface area contributed by atoms with Crippen LogP contribution in [-0.2, 0) is 0 Å². The van der Waals surface area contributed by atoms with Gasteiger partial charge in [-0.15, -0.1) is 0 Å². The molecule has 0 radical (unpaired) electrons. The summed E-state index contributed by atoms with van der Waals surface area (Å²) >= 11 is 4.59. The topological polar surface area (TPSA) is 142 Å². The average molecular weight is 425 g/mol. The van der Waals surface area contributed by atoms with E-state index in [0.717, 1.165) is 16.8 Å². The van der Waals surface area contributed by atoms with Crippen LogP contribution in [0.5, 0.6) is 0 Å². The Morgan fingerprint density at radius 3 is 2.07 bits per heavy atom. The lowest BCUT2D eigenvalue weighted by atomic mass is 10.1. The van der Waals surface area contributed by atoms with E-state index in [0.29, 0.717) is 11.1 Å². The van der Waals surface area contributed by atoms with Crippen molar-refractivity contribution in [3.8, 4) is 0 Å². The number of fused-ring (bicyclic) bond motifs is 1. The third-order valence-electron chi connectivity index (χ3n) is 4.03. The lowest BCUT2D eigenvalue weighted by Crippen LogP contribution is -2.44. The second-order valence-corrected chi connectivity index (χ2v) is 6.59. The summed E-state index contributed by atoms with van der Waals surface area (Å²) in [7, 11) is 0. The molecule has 30 heavy (non-hydrogen) atoms. The van der Waals surface area contributed by atoms with Crippen molar-refractivity contribution in [1.82, 2.24) is 10.9 Å². The number of thiocarbonyl (C=S) groups is 1. The van der Waals surface area contributed by atoms with E-state index in [1.807, 2.05) is 36.4 Å². The predicted molar refractivity (Wildman–Crippen MR) is 116 cm³/mol. The van der Waals surface area contributed by atoms with E-state index < -0.39 is 11.9 Å². The summed E-state index contributed by atoms with van der Waals surface area (Å²) in [6.07, 6.45) is 0. The number of hydrogen-bond donors (Lipinski definition) is 5. The number of aryl methyl sites for hydroxylation is 1. The standard InChI is InChI=1S/C12H11N3OS.C9H8O4/c13-12(17)15-14-11(16)10-6-5-8-3-1-2-4-9(8)7-10;1-5-2-3-6(8(10)11)4-7(5)9(12)13/h1-7H,(H,14,16)(H3,13,15,17);2-4H,1H3,(H,10,11)(H,12,13). The molecule has 6 N–H and O–H groups in total. The van der Waals surface area contributed by atoms with Crippen LogP contribution in [0.25, 0.3) is 10.8 Å². The van der Waals surface area contributed by atoms with E-state index in [1.165, 1.54) is 12.1 Å². The summed E-state index contributed by atoms with van der Waals surface area (Å²) in [5.41, 5.74) is 11.1. The zero-order chi connectivity index (χ0) is 22.3. The van der Waals surface area contributed by atoms with Crippen molar-refractivity contribution in [2.45, 2.75) is 6.92 Å². The molecule has 0 unspecified atom stereocenters. The summed E-state index contributed by atoms with van der Waals surface area (Å²) in [6, 6.07) is 17.3. The third-order valence-corrected chi connectivity index (χ3v) is 4.13. The first kappa shape index (κ1) is 22.3. The number of carbonyl (C=O) groups is 3. The fourth-order valence-electron chi connectivity index (χ4n) is 2.51. The lowest BCUT2D eigenvalue weighted by molar-refractivity contribution is 0.0695. The van der Waals surface area contributed by atoms with E-state index in [4.69, 9.17) is 15.9 Å². The van der Waals surface area contributed by atoms with Gasteiger partial charge in [0, 0.05) is 5.56 Å². The smallest absolute Gasteiger partial charge is 0.335 e. The first-order valence-corrected chi connectivity index (χ1v) is 9.01. The zero-order valence-electron chi connectivity index (χ0n) is 15.9. The molecule has 0 spiro atoms. The molecule has 0 aliphatic rings. The Balaban J connectivity index is 0.000000222. The van der Waals surface area contributed by atoms with E-state index in [9.17, 15) is 14.4 Å². The molecule has 3 rings (SSSR count). The van der Waals surface area contributed by atoms with Gasteiger partial charge in [0.15, 0.2) is 5.11 Å². The number of carboxylic acids is 2. The van der Waals surface area contributed by atoms with Crippen LogP contribution >= 0.6 is 12.2 Å². The molecular weight excluding hydrogens is 406 g/mol. The Morgan fingerprint density at radius 2 is 1.47 bits per heavy atom. The van der Waals surface area contributed by atoms with E-state index in [2.05, 4.69) is 23.1 Å². The number of nitrogens with two attached hydrogens (primary N) is 1. The van der Waals surface area contributed by atoms with Gasteiger partial charge in [-0.05, 0) is 59.7 Å². The highest BCUT2D eigenvalue weighted by molar-refractivity contribution is 7.80. The number of benzene rings is 3. The minimum atomic E-state index is -1.12. The molecule has 0 aliphatic carbocycles. The summed E-state index contributed by atoms with van der Waals surface area (Å²) in [4.78, 5) is 32.8. The number of carbonyl (C=O) groups excluding carboxylic acids is 1. The van der Waals surface area contributed by atoms with Crippen LogP contribution in [0.15, 0.2) is 60.7 Å². The van der Waals surface area contributed by atoms with E-state index in [-0.39, 0.29) is 22.1 Å². The molecule has 154 valence electrons. The van der Waals surface area contributed by atoms with Gasteiger partial charge in [0.2, 0.25) is 0 Å². The summed E-state index contributed by atoms with van der Waals surface area (Å²) in [5, 5.41) is 19.4. The molecule has 1 amide bonds. The average Bonchev–Trinajstić information content (AvgIpc) is 2.72. The first-order valence-electron chi connectivity index (χ1n) is 8.61. The highest BCUT2D eigenvalue weighted by atomic mass is 32.1. The van der Waals surface area contributed by atoms with Crippen LogP contribution in [0.2, 0.25) is 0 Å². The monoisotopic (exact) mass is 425 g/mol. The summed E-state index contributed by atoms with van der Waals surface area (Å²) in [5.74, 6) is -2.51. The van der Waals surface area contributed by atoms with Gasteiger partial charge < -0.3 is 15.9 Å². The lowest BCUT2D eigenvalue weighted by Gasteiger charge is -2.07. The van der Waals surface area contributed by atoms with Crippen LogP contribution < -0.4 is 16.6 Å². The Morgan fingerprint density at radius 1 is 0.833 bits per heavy atom. The molecule has 0 fully saturated rings. The fourth-order valence-corrected chi connectivity index (χ4v) is 2.56. The maximum Gasteiger partial charge on any atom is 0.335 e. The van der Waals surface area contributed by atoms with Gasteiger partial charge in [-0.2, -0.15) is 0 Å². The third kappa shape index (κ3) is 6.01. The minimum absolute atomic E-state index is 0.0111. The van der Waals surface area contributed by atoms with Crippen LogP contribution in [0.4, 0.5) is 0 Å². The highest BCUT2D eigenvalue weighted by Crippen LogP contribution is 2.15. The predicted octanol–water partition coefficient (Wildman–Crippen LogP) is 2.71. The van der Waals surface area contributed by atoms with Gasteiger partial charge >= 0.3 is 11.9 Å². The van der Waals surface area contributed by atoms with Crippen LogP contribution in [0, 0.1) is 6.92 Å². The molecule has 0 aliphatic heterocycles. The fraction of sp³-hybridized carbons (Fsp3) is 0.0476. The van der Waals surface area contributed by atoms with Crippen molar-refractivity contribution >= 4 is 45.9 Å². The molecule has 0 saturated heterocycles. The SMILES string of the molecule is Cc1ccc(C(=O)O)cc1C(=O)O.NC(=S)NNC(=O)c1ccc2ccccc2c1. The quantitative estimate of drug-likeness (QED) is 0.318. The molecule has 8 nitrogen and oxygen atoms in total. The molecule has 3 aromatic carbocycles. The van der Waals surface area contributed by atoms with Crippen molar-refractivity contribution in [2.75, 3.05) is 0 Å². The maximum absolute atomic E-state index is 11.7. The summed E-state index contributed by atoms with van der Waals surface area (Å²) < 4.78 is 0. The van der Waals surface area contributed by atoms with Crippen LogP contribution in [-0.4, -0.2) is 33.2 Å². The van der Waals surface area contributed by atoms with Gasteiger partial charge in [-0.1, -0.05) is 36.4 Å². The maximum atomic E-state index is 11.7. The Kier molecular flexibility index (Phi) is 7.43. The Bertz CT molecular complexity index is 1130. The Labute approximate surface area is 177 Å². The molecule has 0 atom stereocenters. The normalized spacial score (nSPS) is 9.77. The van der Waals surface area contributed by atoms with Crippen molar-refractivity contribution in [3.05, 3.63) is 82.9 Å². The Hall–Kier alpha value is -3.98. The summed E-state index contributed by atoms with van der Waals surface area (Å²) in [6.45, 7) is 1.62. The second-order valence-electron chi connectivity index (χ2n) is 6.15. The van der Waals surface area contributed by atoms with Crippen molar-refractivity contribution in [2.24, 2.45) is 5.73 Å². The van der Waals surface area contributed by atoms with Crippen molar-refractivity contribution < 1.29 is 24.6 Å². The molecular formula is C21H19N3O5S. The number of amides is 1. The van der Waals surface area contributed by atoms with Gasteiger partial charge in [-0.3, -0.25) is 15.6 Å². The van der Waals surface area contributed by atoms with E-state index in [1.54, 1.807) is 13.0 Å². The number of hydrogen-bond acceptors (Lipinski definition) is 4. The van der Waals surface area contributed by atoms with Gasteiger partial charge in [-0.25, -0.2) is 9.59 Å². The minimum Gasteiger partial charge on any atom is -0.478 e. The van der Waals surface area contributed by atoms with Crippen LogP contribution in [0.1, 0.15) is 36.6 Å². The molecule has 0 aromatic heterocycles. The molecule has 9 heteroatoms. The van der Waals surface area contributed by atoms with Gasteiger partial charge in [0.25, 0.3) is 5.91 Å². The largest absolute Gasteiger partial charge is 0.478 e. The van der Waals surface area contributed by atoms with Gasteiger partial charge in [0.05, 0.1) is 11.1 Å². The number of nitrogens with one attached hydrogen (secondary N) is 2. The van der Waals surface area contributed by atoms with E-state index >= 15 is 0 Å². The first-order chi connectivity index (χ1) is 14.2. The van der Waals surface area contributed by atoms with Crippen molar-refractivity contribution in [1.29, 1.82) is 0 Å². The zero-order valence-corrected chi connectivity index (χ0v) is 16.7. The number of carboxylic acid groups (broad SMARTS) is 2. The van der Waals surface area contributed by atoms with Crippen molar-refractivity contribution in [3.63, 3.8) is 0 Å². The number of aromatic carboxylic acids is 2. The molecule has 0 saturated carbocycles. The number of rotatable bonds is 3. The molecule has 0 heterocycles. The van der Waals surface area contributed by atoms with Crippen LogP contribution in [0.3, 0.4) is 0 Å². The van der Waals surface area contributed by atoms with Gasteiger partial charge in [0.1, 0.15) is 0 Å². The molecule has 3 aromatic rings. The molecule has 0 bridgehead atoms. The second kappa shape index (κ2) is 9.99. The number of hydrazine groups is 1. The highest BCUT2D eigenvalue weighted by Gasteiger charge is 2.10.